The molecular formula is C13H17ClN4O. The lowest BCUT2D eigenvalue weighted by atomic mass is 10.00. The summed E-state index contributed by atoms with van der Waals surface area (Å²) in [6.45, 7) is 2.00. The van der Waals surface area contributed by atoms with Crippen LogP contribution in [-0.4, -0.2) is 16.9 Å². The monoisotopic (exact) mass is 280 g/mol. The van der Waals surface area contributed by atoms with E-state index in [9.17, 15) is 0 Å². The van der Waals surface area contributed by atoms with Gasteiger partial charge in [-0.05, 0) is 24.6 Å². The number of hydrogen-bond donors (Lipinski definition) is 2. The fraction of sp³-hybridized carbons (Fsp3) is 0.308. The van der Waals surface area contributed by atoms with E-state index in [2.05, 4.69) is 10.5 Å². The van der Waals surface area contributed by atoms with Gasteiger partial charge in [0.15, 0.2) is 0 Å². The summed E-state index contributed by atoms with van der Waals surface area (Å²) in [6, 6.07) is 5.44. The average molecular weight is 281 g/mol. The molecule has 1 aromatic carbocycles. The molecule has 0 radical (unpaired) electrons. The maximum atomic E-state index is 6.03. The number of nitrogens with two attached hydrogens (primary N) is 1. The molecule has 0 amide bonds. The summed E-state index contributed by atoms with van der Waals surface area (Å²) >= 11 is 6.03. The number of hydrogen-bond acceptors (Lipinski definition) is 4. The van der Waals surface area contributed by atoms with Crippen LogP contribution < -0.4 is 16.0 Å². The van der Waals surface area contributed by atoms with Crippen molar-refractivity contribution in [2.75, 3.05) is 7.11 Å². The van der Waals surface area contributed by atoms with Gasteiger partial charge in [-0.25, -0.2) is 5.43 Å². The molecule has 0 saturated heterocycles. The van der Waals surface area contributed by atoms with Crippen LogP contribution in [0.3, 0.4) is 0 Å². The normalized spacial score (nSPS) is 12.5. The van der Waals surface area contributed by atoms with Crippen molar-refractivity contribution in [3.05, 3.63) is 46.2 Å². The Morgan fingerprint density at radius 1 is 1.47 bits per heavy atom. The first-order valence-corrected chi connectivity index (χ1v) is 6.24. The molecule has 5 nitrogen and oxygen atoms in total. The Balaban J connectivity index is 2.45. The van der Waals surface area contributed by atoms with Gasteiger partial charge in [0.1, 0.15) is 5.75 Å². The number of nitrogens with zero attached hydrogens (tertiary/aromatic N) is 2. The van der Waals surface area contributed by atoms with Gasteiger partial charge in [0.25, 0.3) is 0 Å². The quantitative estimate of drug-likeness (QED) is 0.664. The molecule has 0 aliphatic heterocycles. The first-order chi connectivity index (χ1) is 9.08. The van der Waals surface area contributed by atoms with Crippen molar-refractivity contribution in [2.24, 2.45) is 12.9 Å². The largest absolute Gasteiger partial charge is 0.495 e. The van der Waals surface area contributed by atoms with Crippen LogP contribution >= 0.6 is 11.6 Å². The average Bonchev–Trinajstić information content (AvgIpc) is 2.74. The third kappa shape index (κ3) is 2.58. The molecule has 102 valence electrons. The molecule has 6 heteroatoms. The fourth-order valence-corrected chi connectivity index (χ4v) is 2.22. The predicted molar refractivity (Wildman–Crippen MR) is 75.1 cm³/mol. The third-order valence-corrected chi connectivity index (χ3v) is 3.57. The molecule has 2 rings (SSSR count). The van der Waals surface area contributed by atoms with Gasteiger partial charge in [-0.1, -0.05) is 17.7 Å². The van der Waals surface area contributed by atoms with E-state index in [1.807, 2.05) is 30.8 Å². The van der Waals surface area contributed by atoms with Gasteiger partial charge in [-0.2, -0.15) is 5.10 Å². The van der Waals surface area contributed by atoms with Gasteiger partial charge in [0.05, 0.1) is 24.4 Å². The van der Waals surface area contributed by atoms with Crippen molar-refractivity contribution in [1.82, 2.24) is 15.2 Å². The molecule has 0 saturated carbocycles. The lowest BCUT2D eigenvalue weighted by Gasteiger charge is -2.17. The molecular weight excluding hydrogens is 264 g/mol. The minimum Gasteiger partial charge on any atom is -0.495 e. The van der Waals surface area contributed by atoms with Gasteiger partial charge in [-0.3, -0.25) is 10.5 Å². The Bertz CT molecular complexity index is 582. The number of ether oxygens (including phenoxy) is 1. The second-order valence-electron chi connectivity index (χ2n) is 4.30. The summed E-state index contributed by atoms with van der Waals surface area (Å²) in [6.07, 6.45) is 1.81. The zero-order valence-electron chi connectivity index (χ0n) is 11.1. The van der Waals surface area contributed by atoms with Crippen LogP contribution in [0.5, 0.6) is 5.75 Å². The Morgan fingerprint density at radius 2 is 2.21 bits per heavy atom. The number of rotatable bonds is 4. The SMILES string of the molecule is COc1cc(C(NN)c2cnn(C)c2C)ccc1Cl. The van der Waals surface area contributed by atoms with Crippen LogP contribution in [-0.2, 0) is 7.05 Å². The fourth-order valence-electron chi connectivity index (χ4n) is 2.02. The lowest BCUT2D eigenvalue weighted by Crippen LogP contribution is -2.29. The topological polar surface area (TPSA) is 65.1 Å². The molecule has 3 N–H and O–H groups in total. The minimum atomic E-state index is -0.153. The predicted octanol–water partition coefficient (Wildman–Crippen LogP) is 1.94. The summed E-state index contributed by atoms with van der Waals surface area (Å²) in [4.78, 5) is 0. The Hall–Kier alpha value is -1.56. The van der Waals surface area contributed by atoms with E-state index in [-0.39, 0.29) is 6.04 Å². The summed E-state index contributed by atoms with van der Waals surface area (Å²) in [5.41, 5.74) is 5.85. The molecule has 2 aromatic rings. The van der Waals surface area contributed by atoms with Crippen molar-refractivity contribution in [3.63, 3.8) is 0 Å². The number of aromatic nitrogens is 2. The molecule has 1 unspecified atom stereocenters. The summed E-state index contributed by atoms with van der Waals surface area (Å²) in [5, 5.41) is 4.81. The number of aryl methyl sites for hydroxylation is 1. The van der Waals surface area contributed by atoms with Crippen LogP contribution in [0.4, 0.5) is 0 Å². The number of benzene rings is 1. The van der Waals surface area contributed by atoms with Gasteiger partial charge in [0, 0.05) is 18.3 Å². The van der Waals surface area contributed by atoms with Gasteiger partial charge < -0.3 is 4.74 Å². The molecule has 0 bridgehead atoms. The number of hydrazine groups is 1. The zero-order valence-corrected chi connectivity index (χ0v) is 11.9. The molecule has 0 fully saturated rings. The lowest BCUT2D eigenvalue weighted by molar-refractivity contribution is 0.414. The van der Waals surface area contributed by atoms with Crippen molar-refractivity contribution in [3.8, 4) is 5.75 Å². The van der Waals surface area contributed by atoms with Crippen molar-refractivity contribution in [2.45, 2.75) is 13.0 Å². The highest BCUT2D eigenvalue weighted by Gasteiger charge is 2.18. The highest BCUT2D eigenvalue weighted by atomic mass is 35.5. The first-order valence-electron chi connectivity index (χ1n) is 5.86. The van der Waals surface area contributed by atoms with Crippen LogP contribution in [0.1, 0.15) is 22.9 Å². The summed E-state index contributed by atoms with van der Waals surface area (Å²) in [7, 11) is 3.49. The van der Waals surface area contributed by atoms with E-state index in [1.54, 1.807) is 19.4 Å². The van der Waals surface area contributed by atoms with Crippen molar-refractivity contribution in [1.29, 1.82) is 0 Å². The van der Waals surface area contributed by atoms with Crippen LogP contribution in [0.15, 0.2) is 24.4 Å². The van der Waals surface area contributed by atoms with E-state index >= 15 is 0 Å². The number of halogens is 1. The molecule has 1 aromatic heterocycles. The van der Waals surface area contributed by atoms with Crippen molar-refractivity contribution < 1.29 is 4.74 Å². The Morgan fingerprint density at radius 3 is 2.74 bits per heavy atom. The molecule has 1 atom stereocenters. The summed E-state index contributed by atoms with van der Waals surface area (Å²) in [5.74, 6) is 6.31. The molecule has 19 heavy (non-hydrogen) atoms. The molecule has 0 aliphatic rings. The highest BCUT2D eigenvalue weighted by molar-refractivity contribution is 6.32. The molecule has 0 spiro atoms. The van der Waals surface area contributed by atoms with Gasteiger partial charge >= 0.3 is 0 Å². The van der Waals surface area contributed by atoms with Gasteiger partial charge in [0.2, 0.25) is 0 Å². The van der Waals surface area contributed by atoms with E-state index < -0.39 is 0 Å². The number of methoxy groups -OCH3 is 1. The van der Waals surface area contributed by atoms with Crippen LogP contribution in [0.2, 0.25) is 5.02 Å². The Kier molecular flexibility index (Phi) is 4.09. The second kappa shape index (κ2) is 5.61. The van der Waals surface area contributed by atoms with E-state index in [0.29, 0.717) is 10.8 Å². The first kappa shape index (κ1) is 13.9. The van der Waals surface area contributed by atoms with E-state index in [0.717, 1.165) is 16.8 Å². The zero-order chi connectivity index (χ0) is 14.0. The number of nitrogens with one attached hydrogen (secondary N) is 1. The maximum absolute atomic E-state index is 6.03. The molecule has 1 heterocycles. The van der Waals surface area contributed by atoms with E-state index in [1.165, 1.54) is 0 Å². The standard InChI is InChI=1S/C13H17ClN4O/c1-8-10(7-16-18(8)2)13(17-15)9-4-5-11(14)12(6-9)19-3/h4-7,13,17H,15H2,1-3H3. The van der Waals surface area contributed by atoms with Crippen molar-refractivity contribution >= 4 is 11.6 Å². The maximum Gasteiger partial charge on any atom is 0.137 e. The second-order valence-corrected chi connectivity index (χ2v) is 4.71. The Labute approximate surface area is 117 Å². The smallest absolute Gasteiger partial charge is 0.137 e. The van der Waals surface area contributed by atoms with Crippen LogP contribution in [0, 0.1) is 6.92 Å². The minimum absolute atomic E-state index is 0.153. The van der Waals surface area contributed by atoms with E-state index in [4.69, 9.17) is 22.2 Å². The molecule has 0 aliphatic carbocycles. The van der Waals surface area contributed by atoms with Crippen LogP contribution in [0.25, 0.3) is 0 Å². The summed E-state index contributed by atoms with van der Waals surface area (Å²) < 4.78 is 7.04. The highest BCUT2D eigenvalue weighted by Crippen LogP contribution is 2.31. The third-order valence-electron chi connectivity index (χ3n) is 3.26. The van der Waals surface area contributed by atoms with Gasteiger partial charge in [-0.15, -0.1) is 0 Å².